The minimum Gasteiger partial charge on any atom is -0.311 e. The van der Waals surface area contributed by atoms with Crippen molar-refractivity contribution in [1.82, 2.24) is 14.8 Å². The Balaban J connectivity index is 1.12. The molecule has 2 aromatic heterocycles. The molecule has 188 valence electrons. The van der Waals surface area contributed by atoms with Crippen LogP contribution in [0.15, 0.2) is 55.0 Å². The van der Waals surface area contributed by atoms with Crippen LogP contribution in [0.2, 0.25) is 0 Å². The molecule has 1 aliphatic heterocycles. The van der Waals surface area contributed by atoms with Crippen LogP contribution in [0.4, 0.5) is 11.5 Å². The van der Waals surface area contributed by atoms with E-state index in [0.29, 0.717) is 30.5 Å². The zero-order chi connectivity index (χ0) is 25.4. The third-order valence-corrected chi connectivity index (χ3v) is 8.08. The lowest BCUT2D eigenvalue weighted by Crippen LogP contribution is -2.35. The van der Waals surface area contributed by atoms with Gasteiger partial charge >= 0.3 is 0 Å². The zero-order valence-corrected chi connectivity index (χ0v) is 20.8. The Morgan fingerprint density at radius 2 is 1.97 bits per heavy atom. The third kappa shape index (κ3) is 4.50. The van der Waals surface area contributed by atoms with Crippen LogP contribution < -0.4 is 10.2 Å². The number of nitriles is 1. The molecule has 8 heteroatoms. The Morgan fingerprint density at radius 3 is 2.76 bits per heavy atom. The van der Waals surface area contributed by atoms with Gasteiger partial charge in [-0.05, 0) is 55.2 Å². The number of nitrogens with zero attached hydrogens (tertiary/aromatic N) is 5. The number of anilines is 2. The number of pyridine rings is 1. The van der Waals surface area contributed by atoms with Crippen LogP contribution in [0.5, 0.6) is 0 Å². The van der Waals surface area contributed by atoms with E-state index < -0.39 is 5.41 Å². The molecule has 0 radical (unpaired) electrons. The molecule has 8 nitrogen and oxygen atoms in total. The first-order valence-corrected chi connectivity index (χ1v) is 13.2. The number of hydrogen-bond donors (Lipinski definition) is 1. The molecule has 3 aliphatic rings. The molecule has 2 amide bonds. The lowest BCUT2D eigenvalue weighted by Gasteiger charge is -2.21. The molecule has 1 N–H and O–H groups in total. The van der Waals surface area contributed by atoms with Gasteiger partial charge in [0.1, 0.15) is 11.2 Å². The van der Waals surface area contributed by atoms with E-state index in [1.807, 2.05) is 30.5 Å². The van der Waals surface area contributed by atoms with Crippen molar-refractivity contribution >= 4 is 23.3 Å². The molecule has 1 atom stereocenters. The summed E-state index contributed by atoms with van der Waals surface area (Å²) >= 11 is 0. The van der Waals surface area contributed by atoms with Gasteiger partial charge in [-0.25, -0.2) is 4.98 Å². The highest BCUT2D eigenvalue weighted by Gasteiger charge is 2.56. The first-order valence-electron chi connectivity index (χ1n) is 13.2. The Hall–Kier alpha value is -3.99. The van der Waals surface area contributed by atoms with Gasteiger partial charge in [0.05, 0.1) is 24.7 Å². The second kappa shape index (κ2) is 9.47. The highest BCUT2D eigenvalue weighted by molar-refractivity contribution is 6.02. The number of rotatable bonds is 7. The van der Waals surface area contributed by atoms with E-state index in [4.69, 9.17) is 0 Å². The van der Waals surface area contributed by atoms with E-state index in [-0.39, 0.29) is 24.2 Å². The summed E-state index contributed by atoms with van der Waals surface area (Å²) in [6.45, 7) is 0.504. The van der Waals surface area contributed by atoms with Crippen molar-refractivity contribution in [2.24, 2.45) is 11.3 Å². The van der Waals surface area contributed by atoms with E-state index >= 15 is 0 Å². The fraction of sp³-hybridized carbons (Fsp3) is 0.414. The maximum absolute atomic E-state index is 13.1. The van der Waals surface area contributed by atoms with E-state index in [2.05, 4.69) is 32.3 Å². The standard InChI is InChI=1S/C29H30N6O2/c30-19-29(23-8-9-23)11-13-34(28(29)37)25-10-12-31-26(16-25)33-27(36)15-20-4-3-5-21(14-20)22-17-32-35(18-22)24-6-1-2-7-24/h3-5,10,12,14,16-18,23-24H,1-2,6-9,11,13,15H2,(H,31,33,36)/t29-/m1/s1. The second-order valence-corrected chi connectivity index (χ2v) is 10.5. The second-order valence-electron chi connectivity index (χ2n) is 10.5. The molecular formula is C29H30N6O2. The van der Waals surface area contributed by atoms with Crippen molar-refractivity contribution in [3.8, 4) is 17.2 Å². The molecule has 2 saturated carbocycles. The summed E-state index contributed by atoms with van der Waals surface area (Å²) in [5.41, 5.74) is 2.76. The van der Waals surface area contributed by atoms with Crippen molar-refractivity contribution in [3.05, 3.63) is 60.6 Å². The van der Waals surface area contributed by atoms with Crippen LogP contribution in [0.25, 0.3) is 11.1 Å². The molecule has 3 fully saturated rings. The predicted octanol–water partition coefficient (Wildman–Crippen LogP) is 4.90. The minimum atomic E-state index is -0.898. The van der Waals surface area contributed by atoms with Crippen LogP contribution in [0.1, 0.15) is 56.6 Å². The lowest BCUT2D eigenvalue weighted by atomic mass is 9.83. The summed E-state index contributed by atoms with van der Waals surface area (Å²) in [5, 5.41) is 17.2. The summed E-state index contributed by atoms with van der Waals surface area (Å²) in [6, 6.07) is 14.2. The number of carbonyl (C=O) groups excluding carboxylic acids is 2. The molecule has 1 aromatic carbocycles. The van der Waals surface area contributed by atoms with Crippen molar-refractivity contribution in [1.29, 1.82) is 5.26 Å². The number of nitrogens with one attached hydrogen (secondary N) is 1. The van der Waals surface area contributed by atoms with Gasteiger partial charge in [0.15, 0.2) is 0 Å². The number of carbonyl (C=O) groups is 2. The largest absolute Gasteiger partial charge is 0.311 e. The average Bonchev–Trinajstić information content (AvgIpc) is 3.30. The average molecular weight is 495 g/mol. The van der Waals surface area contributed by atoms with Crippen LogP contribution in [-0.2, 0) is 16.0 Å². The summed E-state index contributed by atoms with van der Waals surface area (Å²) < 4.78 is 2.08. The van der Waals surface area contributed by atoms with Gasteiger partial charge in [-0.15, -0.1) is 0 Å². The molecule has 0 spiro atoms. The molecule has 6 rings (SSSR count). The summed E-state index contributed by atoms with van der Waals surface area (Å²) in [6.07, 6.45) is 13.1. The van der Waals surface area contributed by atoms with Gasteiger partial charge in [0, 0.05) is 36.3 Å². The molecule has 3 aromatic rings. The fourth-order valence-electron chi connectivity index (χ4n) is 5.88. The van der Waals surface area contributed by atoms with Gasteiger partial charge in [-0.1, -0.05) is 37.1 Å². The van der Waals surface area contributed by atoms with E-state index in [0.717, 1.165) is 29.5 Å². The SMILES string of the molecule is N#C[C@@]1(C2CC2)CCN(c2ccnc(NC(=O)Cc3cccc(-c4cnn(C5CCCC5)c4)c3)c2)C1=O. The Labute approximate surface area is 216 Å². The van der Waals surface area contributed by atoms with Gasteiger partial charge < -0.3 is 10.2 Å². The molecular weight excluding hydrogens is 464 g/mol. The normalized spacial score (nSPS) is 21.8. The van der Waals surface area contributed by atoms with Gasteiger partial charge in [0.25, 0.3) is 0 Å². The van der Waals surface area contributed by atoms with Crippen molar-refractivity contribution < 1.29 is 9.59 Å². The van der Waals surface area contributed by atoms with Gasteiger partial charge in [-0.2, -0.15) is 10.4 Å². The van der Waals surface area contributed by atoms with Crippen molar-refractivity contribution in [2.45, 2.75) is 57.4 Å². The summed E-state index contributed by atoms with van der Waals surface area (Å²) in [5.74, 6) is 0.253. The monoisotopic (exact) mass is 494 g/mol. The lowest BCUT2D eigenvalue weighted by molar-refractivity contribution is -0.123. The minimum absolute atomic E-state index is 0.131. The van der Waals surface area contributed by atoms with E-state index in [1.54, 1.807) is 23.2 Å². The third-order valence-electron chi connectivity index (χ3n) is 8.08. The summed E-state index contributed by atoms with van der Waals surface area (Å²) in [7, 11) is 0. The maximum atomic E-state index is 13.1. The molecule has 3 heterocycles. The number of aromatic nitrogens is 3. The van der Waals surface area contributed by atoms with Crippen LogP contribution in [0.3, 0.4) is 0 Å². The summed E-state index contributed by atoms with van der Waals surface area (Å²) in [4.78, 5) is 31.9. The Kier molecular flexibility index (Phi) is 5.99. The highest BCUT2D eigenvalue weighted by Crippen LogP contribution is 2.51. The predicted molar refractivity (Wildman–Crippen MR) is 139 cm³/mol. The van der Waals surface area contributed by atoms with Gasteiger partial charge in [0.2, 0.25) is 11.8 Å². The fourth-order valence-corrected chi connectivity index (χ4v) is 5.88. The molecule has 1 saturated heterocycles. The number of hydrogen-bond acceptors (Lipinski definition) is 5. The first-order chi connectivity index (χ1) is 18.1. The van der Waals surface area contributed by atoms with Crippen LogP contribution >= 0.6 is 0 Å². The van der Waals surface area contributed by atoms with Crippen molar-refractivity contribution in [3.63, 3.8) is 0 Å². The molecule has 37 heavy (non-hydrogen) atoms. The quantitative estimate of drug-likeness (QED) is 0.503. The number of amides is 2. The Morgan fingerprint density at radius 1 is 1.14 bits per heavy atom. The number of benzene rings is 1. The molecule has 2 aliphatic carbocycles. The molecule has 0 bridgehead atoms. The highest BCUT2D eigenvalue weighted by atomic mass is 16.2. The maximum Gasteiger partial charge on any atom is 0.247 e. The topological polar surface area (TPSA) is 104 Å². The molecule has 0 unspecified atom stereocenters. The van der Waals surface area contributed by atoms with Crippen LogP contribution in [-0.4, -0.2) is 33.1 Å². The first kappa shape index (κ1) is 23.4. The smallest absolute Gasteiger partial charge is 0.247 e. The van der Waals surface area contributed by atoms with Gasteiger partial charge in [-0.3, -0.25) is 14.3 Å². The van der Waals surface area contributed by atoms with E-state index in [1.165, 1.54) is 25.7 Å². The van der Waals surface area contributed by atoms with E-state index in [9.17, 15) is 14.9 Å². The Bertz CT molecular complexity index is 1380. The zero-order valence-electron chi connectivity index (χ0n) is 20.8. The van der Waals surface area contributed by atoms with Crippen LogP contribution in [0, 0.1) is 22.7 Å². The van der Waals surface area contributed by atoms with Crippen molar-refractivity contribution in [2.75, 3.05) is 16.8 Å².